The van der Waals surface area contributed by atoms with Crippen molar-refractivity contribution in [2.75, 3.05) is 13.6 Å². The number of Topliss-reactive ketones (excluding diaryl/α,β-unsaturated/α-hetero) is 1. The molecule has 0 bridgehead atoms. The predicted octanol–water partition coefficient (Wildman–Crippen LogP) is -0.485. The van der Waals surface area contributed by atoms with E-state index < -0.39 is 6.04 Å². The number of hydroxylamine groups is 1. The quantitative estimate of drug-likeness (QED) is 0.331. The van der Waals surface area contributed by atoms with Gasteiger partial charge in [-0.1, -0.05) is 4.86 Å². The molecule has 0 fully saturated rings. The first-order chi connectivity index (χ1) is 5.11. The molecule has 0 aliphatic heterocycles. The Morgan fingerprint density at radius 1 is 1.91 bits per heavy atom. The topological polar surface area (TPSA) is 87.8 Å². The van der Waals surface area contributed by atoms with Gasteiger partial charge in [0.05, 0.1) is 0 Å². The SMILES string of the molecule is CNC(C[N+]([O-])=NO)C(C)=O. The van der Waals surface area contributed by atoms with E-state index in [2.05, 4.69) is 10.6 Å². The number of nitrogens with one attached hydrogen (secondary N) is 1. The lowest BCUT2D eigenvalue weighted by Gasteiger charge is -2.08. The highest BCUT2D eigenvalue weighted by Gasteiger charge is 2.16. The Bertz CT molecular complexity index is 168. The van der Waals surface area contributed by atoms with Crippen LogP contribution >= 0.6 is 0 Å². The van der Waals surface area contributed by atoms with Crippen LogP contribution in [0.3, 0.4) is 0 Å². The molecule has 0 aliphatic carbocycles. The van der Waals surface area contributed by atoms with Gasteiger partial charge in [-0.3, -0.25) is 4.79 Å². The Labute approximate surface area is 64.1 Å². The molecule has 0 amide bonds. The minimum Gasteiger partial charge on any atom is -0.597 e. The minimum absolute atomic E-state index is 0.0442. The normalized spacial score (nSPS) is 14.5. The molecule has 2 N–H and O–H groups in total. The summed E-state index contributed by atoms with van der Waals surface area (Å²) in [4.78, 5) is 10.7. The summed E-state index contributed by atoms with van der Waals surface area (Å²) in [6.45, 7) is 1.18. The van der Waals surface area contributed by atoms with E-state index in [0.717, 1.165) is 0 Å². The molecule has 0 aromatic heterocycles. The molecule has 0 heterocycles. The van der Waals surface area contributed by atoms with E-state index >= 15 is 0 Å². The molecule has 0 rings (SSSR count). The van der Waals surface area contributed by atoms with E-state index in [0.29, 0.717) is 0 Å². The van der Waals surface area contributed by atoms with Crippen molar-refractivity contribution in [3.05, 3.63) is 5.21 Å². The second-order valence-electron chi connectivity index (χ2n) is 2.08. The van der Waals surface area contributed by atoms with Crippen LogP contribution in [0.4, 0.5) is 0 Å². The summed E-state index contributed by atoms with van der Waals surface area (Å²) in [6, 6.07) is -0.580. The van der Waals surface area contributed by atoms with Crippen molar-refractivity contribution in [2.24, 2.45) is 5.28 Å². The summed E-state index contributed by atoms with van der Waals surface area (Å²) in [5, 5.41) is 23.3. The Hall–Kier alpha value is -1.17. The zero-order valence-corrected chi connectivity index (χ0v) is 6.44. The fourth-order valence-electron chi connectivity index (χ4n) is 0.616. The van der Waals surface area contributed by atoms with Crippen LogP contribution in [-0.2, 0) is 4.79 Å². The van der Waals surface area contributed by atoms with E-state index in [9.17, 15) is 10.0 Å². The largest absolute Gasteiger partial charge is 0.597 e. The van der Waals surface area contributed by atoms with Crippen LogP contribution in [0.15, 0.2) is 5.28 Å². The molecule has 0 saturated carbocycles. The van der Waals surface area contributed by atoms with Gasteiger partial charge in [0.15, 0.2) is 11.1 Å². The van der Waals surface area contributed by atoms with Crippen molar-refractivity contribution >= 4 is 5.78 Å². The lowest BCUT2D eigenvalue weighted by molar-refractivity contribution is -0.556. The summed E-state index contributed by atoms with van der Waals surface area (Å²) < 4.78 is 0. The van der Waals surface area contributed by atoms with E-state index in [4.69, 9.17) is 5.21 Å². The highest BCUT2D eigenvalue weighted by Crippen LogP contribution is 1.86. The van der Waals surface area contributed by atoms with Crippen LogP contribution in [-0.4, -0.2) is 35.5 Å². The Morgan fingerprint density at radius 2 is 2.45 bits per heavy atom. The van der Waals surface area contributed by atoms with E-state index in [1.54, 1.807) is 7.05 Å². The highest BCUT2D eigenvalue weighted by atomic mass is 16.6. The van der Waals surface area contributed by atoms with Crippen molar-refractivity contribution in [1.82, 2.24) is 5.32 Å². The second kappa shape index (κ2) is 4.62. The molecule has 1 unspecified atom stereocenters. The number of hydrogen-bond acceptors (Lipinski definition) is 4. The third-order valence-corrected chi connectivity index (χ3v) is 1.28. The molecule has 0 saturated heterocycles. The van der Waals surface area contributed by atoms with Gasteiger partial charge in [-0.2, -0.15) is 0 Å². The first kappa shape index (κ1) is 9.83. The fraction of sp³-hybridized carbons (Fsp3) is 0.800. The predicted molar refractivity (Wildman–Crippen MR) is 36.2 cm³/mol. The van der Waals surface area contributed by atoms with Crippen molar-refractivity contribution < 1.29 is 14.9 Å². The van der Waals surface area contributed by atoms with Crippen molar-refractivity contribution in [2.45, 2.75) is 13.0 Å². The van der Waals surface area contributed by atoms with Gasteiger partial charge in [0.25, 0.3) is 0 Å². The van der Waals surface area contributed by atoms with Gasteiger partial charge in [0, 0.05) is 0 Å². The van der Waals surface area contributed by atoms with Crippen molar-refractivity contribution in [1.29, 1.82) is 0 Å². The maximum Gasteiger partial charge on any atom is 0.206 e. The van der Waals surface area contributed by atoms with Gasteiger partial charge >= 0.3 is 0 Å². The van der Waals surface area contributed by atoms with Gasteiger partial charge in [-0.05, 0) is 14.0 Å². The van der Waals surface area contributed by atoms with Crippen molar-refractivity contribution in [3.63, 3.8) is 0 Å². The molecular weight excluding hydrogens is 150 g/mol. The van der Waals surface area contributed by atoms with Gasteiger partial charge in [0.1, 0.15) is 6.04 Å². The van der Waals surface area contributed by atoms with Gasteiger partial charge in [-0.25, -0.2) is 0 Å². The summed E-state index contributed by atoms with van der Waals surface area (Å²) >= 11 is 0. The van der Waals surface area contributed by atoms with Crippen molar-refractivity contribution in [3.8, 4) is 0 Å². The molecule has 0 aromatic rings. The summed E-state index contributed by atoms with van der Waals surface area (Å²) in [5.74, 6) is -0.169. The van der Waals surface area contributed by atoms with Gasteiger partial charge in [0.2, 0.25) is 6.54 Å². The number of likely N-dealkylation sites (N-methyl/N-ethyl adjacent to an activating group) is 1. The number of ketones is 1. The maximum atomic E-state index is 10.7. The molecule has 1 atom stereocenters. The molecule has 0 aromatic carbocycles. The Kier molecular flexibility index (Phi) is 4.12. The van der Waals surface area contributed by atoms with Crippen LogP contribution in [0.5, 0.6) is 0 Å². The van der Waals surface area contributed by atoms with Gasteiger partial charge < -0.3 is 15.7 Å². The number of nitrogens with zero attached hydrogens (tertiary/aromatic N) is 2. The molecule has 64 valence electrons. The number of carbonyl (C=O) groups is 1. The first-order valence-corrected chi connectivity index (χ1v) is 3.09. The molecule has 6 nitrogen and oxygen atoms in total. The van der Waals surface area contributed by atoms with Crippen LogP contribution < -0.4 is 5.32 Å². The number of hydrogen-bond donors (Lipinski definition) is 2. The summed E-state index contributed by atoms with van der Waals surface area (Å²) in [6.07, 6.45) is 0. The molecular formula is C5H11N3O3. The van der Waals surface area contributed by atoms with Crippen LogP contribution in [0.1, 0.15) is 6.92 Å². The third kappa shape index (κ3) is 3.51. The average Bonchev–Trinajstić information content (AvgIpc) is 1.99. The average molecular weight is 161 g/mol. The van der Waals surface area contributed by atoms with E-state index in [1.807, 2.05) is 0 Å². The molecule has 11 heavy (non-hydrogen) atoms. The third-order valence-electron chi connectivity index (χ3n) is 1.28. The van der Waals surface area contributed by atoms with E-state index in [1.165, 1.54) is 6.92 Å². The lowest BCUT2D eigenvalue weighted by Crippen LogP contribution is -2.38. The standard InChI is InChI=1S/C5H11N3O3/c1-4(9)5(6-2)3-8(11)7-10/h5-6,10H,3H2,1-2H3. The first-order valence-electron chi connectivity index (χ1n) is 3.09. The Balaban J connectivity index is 3.98. The zero-order chi connectivity index (χ0) is 8.85. The highest BCUT2D eigenvalue weighted by molar-refractivity contribution is 5.81. The molecule has 0 spiro atoms. The zero-order valence-electron chi connectivity index (χ0n) is 6.44. The number of rotatable bonds is 4. The molecule has 6 heteroatoms. The van der Waals surface area contributed by atoms with E-state index in [-0.39, 0.29) is 17.2 Å². The second-order valence-corrected chi connectivity index (χ2v) is 2.08. The fourth-order valence-corrected chi connectivity index (χ4v) is 0.616. The summed E-state index contributed by atoms with van der Waals surface area (Å²) in [7, 11) is 1.55. The van der Waals surface area contributed by atoms with Crippen LogP contribution in [0.2, 0.25) is 0 Å². The van der Waals surface area contributed by atoms with Gasteiger partial charge in [-0.15, -0.1) is 0 Å². The van der Waals surface area contributed by atoms with Crippen LogP contribution in [0, 0.1) is 5.21 Å². The summed E-state index contributed by atoms with van der Waals surface area (Å²) in [5.41, 5.74) is 0. The number of carbonyl (C=O) groups excluding carboxylic acids is 1. The van der Waals surface area contributed by atoms with Crippen LogP contribution in [0.25, 0.3) is 0 Å². The minimum atomic E-state index is -0.580. The molecule has 0 radical (unpaired) electrons. The lowest BCUT2D eigenvalue weighted by atomic mass is 10.2. The smallest absolute Gasteiger partial charge is 0.206 e. The Morgan fingerprint density at radius 3 is 2.73 bits per heavy atom. The maximum absolute atomic E-state index is 10.7. The molecule has 0 aliphatic rings. The monoisotopic (exact) mass is 161 g/mol.